The van der Waals surface area contributed by atoms with Gasteiger partial charge < -0.3 is 29.7 Å². The van der Waals surface area contributed by atoms with Gasteiger partial charge in [-0.1, -0.05) is 18.2 Å². The number of halogens is 1. The van der Waals surface area contributed by atoms with E-state index in [-0.39, 0.29) is 37.1 Å². The standard InChI is InChI=1S/C26H32FNO6/c1-14(18-6-5-7-20-21(18)22-23(25(30)31)24(22)34-20)33-13-16(29)12-28-26(2,3)11-15-8-9-17(32-4)10-19(15)27/h5-10,14,16,22-24,28-29H,11-13H2,1-4H3,(H,30,31)/t14-,16?,22+,23+,24+/m1/s1. The number of carbonyl (C=O) groups is 1. The smallest absolute Gasteiger partial charge is 0.311 e. The fourth-order valence-electron chi connectivity index (χ4n) is 4.72. The highest BCUT2D eigenvalue weighted by Gasteiger charge is 2.63. The number of fused-ring (bicyclic) bond motifs is 3. The summed E-state index contributed by atoms with van der Waals surface area (Å²) in [6, 6.07) is 10.4. The molecular formula is C26H32FNO6. The predicted octanol–water partition coefficient (Wildman–Crippen LogP) is 3.44. The van der Waals surface area contributed by atoms with E-state index in [9.17, 15) is 19.4 Å². The van der Waals surface area contributed by atoms with E-state index in [0.29, 0.717) is 17.7 Å². The average molecular weight is 474 g/mol. The summed E-state index contributed by atoms with van der Waals surface area (Å²) in [4.78, 5) is 11.4. The number of aliphatic hydroxyl groups is 1. The zero-order chi connectivity index (χ0) is 24.6. The SMILES string of the molecule is COc1ccc(CC(C)(C)NCC(O)CO[C@H](C)c2cccc3c2[C@@H]2[C@H](O3)[C@H]2C(=O)O)c(F)c1. The van der Waals surface area contributed by atoms with Crippen LogP contribution in [0.1, 0.15) is 49.5 Å². The first kappa shape index (κ1) is 24.4. The number of aliphatic hydroxyl groups excluding tert-OH is 1. The Morgan fingerprint density at radius 1 is 1.29 bits per heavy atom. The Kier molecular flexibility index (Phi) is 6.85. The fourth-order valence-corrected chi connectivity index (χ4v) is 4.72. The van der Waals surface area contributed by atoms with Crippen LogP contribution in [0.3, 0.4) is 0 Å². The van der Waals surface area contributed by atoms with Crippen LogP contribution in [0.2, 0.25) is 0 Å². The summed E-state index contributed by atoms with van der Waals surface area (Å²) in [5.74, 6) is -0.624. The molecule has 1 aliphatic carbocycles. The monoisotopic (exact) mass is 473 g/mol. The topological polar surface area (TPSA) is 97.3 Å². The van der Waals surface area contributed by atoms with Crippen LogP contribution in [0.4, 0.5) is 4.39 Å². The molecule has 0 amide bonds. The van der Waals surface area contributed by atoms with Crippen molar-refractivity contribution in [1.82, 2.24) is 5.32 Å². The molecule has 1 saturated carbocycles. The van der Waals surface area contributed by atoms with Gasteiger partial charge >= 0.3 is 5.97 Å². The summed E-state index contributed by atoms with van der Waals surface area (Å²) in [5, 5.41) is 23.1. The number of carboxylic acid groups (broad SMARTS) is 1. The molecule has 1 fully saturated rings. The van der Waals surface area contributed by atoms with E-state index >= 15 is 0 Å². The number of carboxylic acids is 1. The van der Waals surface area contributed by atoms with Crippen LogP contribution in [-0.4, -0.2) is 54.2 Å². The van der Waals surface area contributed by atoms with Crippen molar-refractivity contribution in [3.63, 3.8) is 0 Å². The van der Waals surface area contributed by atoms with E-state index < -0.39 is 23.5 Å². The van der Waals surface area contributed by atoms with Crippen molar-refractivity contribution in [2.45, 2.75) is 57.0 Å². The highest BCUT2D eigenvalue weighted by Crippen LogP contribution is 2.60. The lowest BCUT2D eigenvalue weighted by molar-refractivity contribution is -0.139. The average Bonchev–Trinajstić information content (AvgIpc) is 3.38. The molecule has 7 nitrogen and oxygen atoms in total. The first-order chi connectivity index (χ1) is 16.1. The third-order valence-corrected chi connectivity index (χ3v) is 6.62. The second kappa shape index (κ2) is 9.52. The quantitative estimate of drug-likeness (QED) is 0.460. The molecule has 2 aromatic carbocycles. The molecule has 0 radical (unpaired) electrons. The minimum absolute atomic E-state index is 0.0993. The number of methoxy groups -OCH3 is 1. The fraction of sp³-hybridized carbons (Fsp3) is 0.500. The van der Waals surface area contributed by atoms with Crippen molar-refractivity contribution in [2.75, 3.05) is 20.3 Å². The highest BCUT2D eigenvalue weighted by atomic mass is 19.1. The van der Waals surface area contributed by atoms with E-state index in [1.807, 2.05) is 39.0 Å². The summed E-state index contributed by atoms with van der Waals surface area (Å²) in [6.07, 6.45) is -0.955. The van der Waals surface area contributed by atoms with Crippen LogP contribution >= 0.6 is 0 Å². The minimum atomic E-state index is -0.845. The lowest BCUT2D eigenvalue weighted by Gasteiger charge is -2.28. The van der Waals surface area contributed by atoms with Crippen LogP contribution in [-0.2, 0) is 16.0 Å². The third-order valence-electron chi connectivity index (χ3n) is 6.62. The van der Waals surface area contributed by atoms with Crippen molar-refractivity contribution in [1.29, 1.82) is 0 Å². The molecule has 1 unspecified atom stereocenters. The Morgan fingerprint density at radius 3 is 2.74 bits per heavy atom. The van der Waals surface area contributed by atoms with E-state index in [2.05, 4.69) is 5.32 Å². The van der Waals surface area contributed by atoms with Gasteiger partial charge in [-0.15, -0.1) is 0 Å². The number of ether oxygens (including phenoxy) is 3. The molecule has 0 bridgehead atoms. The van der Waals surface area contributed by atoms with Gasteiger partial charge in [-0.25, -0.2) is 4.39 Å². The van der Waals surface area contributed by atoms with E-state index in [1.54, 1.807) is 12.1 Å². The Balaban J connectivity index is 1.29. The van der Waals surface area contributed by atoms with Crippen LogP contribution in [0.15, 0.2) is 36.4 Å². The van der Waals surface area contributed by atoms with Gasteiger partial charge in [0.25, 0.3) is 0 Å². The minimum Gasteiger partial charge on any atom is -0.497 e. The maximum atomic E-state index is 14.3. The van der Waals surface area contributed by atoms with Gasteiger partial charge in [0.15, 0.2) is 0 Å². The first-order valence-corrected chi connectivity index (χ1v) is 11.5. The molecule has 2 aliphatic rings. The van der Waals surface area contributed by atoms with Crippen molar-refractivity contribution >= 4 is 5.97 Å². The van der Waals surface area contributed by atoms with Crippen molar-refractivity contribution in [3.8, 4) is 11.5 Å². The van der Waals surface area contributed by atoms with Crippen molar-refractivity contribution in [2.24, 2.45) is 5.92 Å². The molecule has 3 N–H and O–H groups in total. The Bertz CT molecular complexity index is 1060. The molecule has 8 heteroatoms. The molecule has 34 heavy (non-hydrogen) atoms. The molecule has 0 spiro atoms. The van der Waals surface area contributed by atoms with Crippen LogP contribution < -0.4 is 14.8 Å². The van der Waals surface area contributed by atoms with Gasteiger partial charge in [0, 0.05) is 29.6 Å². The molecule has 0 saturated heterocycles. The maximum absolute atomic E-state index is 14.3. The summed E-state index contributed by atoms with van der Waals surface area (Å²) >= 11 is 0. The number of β-amino-alcohol motifs (C(OH)–C–C–N with tert-alkyl or cyclic N) is 1. The van der Waals surface area contributed by atoms with Crippen LogP contribution in [0, 0.1) is 11.7 Å². The molecular weight excluding hydrogens is 441 g/mol. The number of hydrogen-bond acceptors (Lipinski definition) is 6. The zero-order valence-electron chi connectivity index (χ0n) is 19.9. The molecule has 184 valence electrons. The molecule has 5 atom stereocenters. The molecule has 1 heterocycles. The van der Waals surface area contributed by atoms with E-state index in [1.165, 1.54) is 13.2 Å². The van der Waals surface area contributed by atoms with Crippen LogP contribution in [0.5, 0.6) is 11.5 Å². The summed E-state index contributed by atoms with van der Waals surface area (Å²) in [5.41, 5.74) is 1.91. The molecule has 0 aromatic heterocycles. The summed E-state index contributed by atoms with van der Waals surface area (Å²) in [7, 11) is 1.50. The molecule has 2 aromatic rings. The Labute approximate surface area is 198 Å². The predicted molar refractivity (Wildman–Crippen MR) is 124 cm³/mol. The van der Waals surface area contributed by atoms with E-state index in [0.717, 1.165) is 16.9 Å². The van der Waals surface area contributed by atoms with Gasteiger partial charge in [0.05, 0.1) is 25.9 Å². The second-order valence-corrected chi connectivity index (χ2v) is 9.76. The highest BCUT2D eigenvalue weighted by molar-refractivity contribution is 5.79. The van der Waals surface area contributed by atoms with Gasteiger partial charge in [0.2, 0.25) is 0 Å². The number of benzene rings is 2. The van der Waals surface area contributed by atoms with Gasteiger partial charge in [0.1, 0.15) is 29.3 Å². The summed E-state index contributed by atoms with van der Waals surface area (Å²) < 4.78 is 31.1. The largest absolute Gasteiger partial charge is 0.497 e. The normalized spacial score (nSPS) is 22.4. The number of aliphatic carboxylic acids is 1. The second-order valence-electron chi connectivity index (χ2n) is 9.76. The lowest BCUT2D eigenvalue weighted by atomic mass is 9.94. The van der Waals surface area contributed by atoms with Gasteiger partial charge in [-0.05, 0) is 50.5 Å². The van der Waals surface area contributed by atoms with Crippen molar-refractivity contribution in [3.05, 3.63) is 58.9 Å². The molecule has 1 aliphatic heterocycles. The van der Waals surface area contributed by atoms with Gasteiger partial charge in [-0.2, -0.15) is 0 Å². The maximum Gasteiger partial charge on any atom is 0.311 e. The zero-order valence-corrected chi connectivity index (χ0v) is 19.9. The number of rotatable bonds is 11. The first-order valence-electron chi connectivity index (χ1n) is 11.5. The summed E-state index contributed by atoms with van der Waals surface area (Å²) in [6.45, 7) is 6.16. The lowest BCUT2D eigenvalue weighted by Crippen LogP contribution is -2.46. The Hall–Kier alpha value is -2.68. The number of hydrogen-bond donors (Lipinski definition) is 3. The number of nitrogens with one attached hydrogen (secondary N) is 1. The molecule has 4 rings (SSSR count). The van der Waals surface area contributed by atoms with Gasteiger partial charge in [-0.3, -0.25) is 4.79 Å². The third kappa shape index (κ3) is 5.04. The van der Waals surface area contributed by atoms with Crippen LogP contribution in [0.25, 0.3) is 0 Å². The van der Waals surface area contributed by atoms with E-state index in [4.69, 9.17) is 14.2 Å². The Morgan fingerprint density at radius 2 is 2.06 bits per heavy atom. The van der Waals surface area contributed by atoms with Crippen molar-refractivity contribution < 1.29 is 33.6 Å².